The van der Waals surface area contributed by atoms with E-state index in [1.165, 1.54) is 32.1 Å². The molecule has 0 radical (unpaired) electrons. The minimum Gasteiger partial charge on any atom is -0.480 e. The summed E-state index contributed by atoms with van der Waals surface area (Å²) in [6.07, 6.45) is 7.26. The van der Waals surface area contributed by atoms with Crippen LogP contribution in [0.2, 0.25) is 0 Å². The van der Waals surface area contributed by atoms with E-state index < -0.39 is 12.0 Å². The molecule has 3 rings (SSSR count). The second-order valence-corrected chi connectivity index (χ2v) is 4.96. The van der Waals surface area contributed by atoms with Crippen molar-refractivity contribution in [3.8, 4) is 0 Å². The molecule has 0 aromatic heterocycles. The SMILES string of the molecule is NC(CC1CC2CCC1CC2)C(=O)O. The van der Waals surface area contributed by atoms with E-state index in [1.807, 2.05) is 0 Å². The van der Waals surface area contributed by atoms with Crippen LogP contribution >= 0.6 is 0 Å². The van der Waals surface area contributed by atoms with E-state index in [2.05, 4.69) is 0 Å². The summed E-state index contributed by atoms with van der Waals surface area (Å²) in [4.78, 5) is 10.7. The van der Waals surface area contributed by atoms with Crippen LogP contribution in [0.4, 0.5) is 0 Å². The zero-order chi connectivity index (χ0) is 10.1. The van der Waals surface area contributed by atoms with E-state index >= 15 is 0 Å². The summed E-state index contributed by atoms with van der Waals surface area (Å²) < 4.78 is 0. The van der Waals surface area contributed by atoms with Crippen LogP contribution in [-0.2, 0) is 4.79 Å². The maximum Gasteiger partial charge on any atom is 0.320 e. The summed E-state index contributed by atoms with van der Waals surface area (Å²) in [6.45, 7) is 0. The monoisotopic (exact) mass is 197 g/mol. The Labute approximate surface area is 84.7 Å². The van der Waals surface area contributed by atoms with E-state index in [1.54, 1.807) is 0 Å². The van der Waals surface area contributed by atoms with Gasteiger partial charge in [-0.2, -0.15) is 0 Å². The lowest BCUT2D eigenvalue weighted by Gasteiger charge is -2.43. The molecular formula is C11H19NO2. The van der Waals surface area contributed by atoms with E-state index in [-0.39, 0.29) is 0 Å². The summed E-state index contributed by atoms with van der Waals surface area (Å²) in [7, 11) is 0. The molecule has 0 aromatic rings. The summed E-state index contributed by atoms with van der Waals surface area (Å²) in [5.74, 6) is 1.39. The van der Waals surface area contributed by atoms with Gasteiger partial charge in [0.05, 0.1) is 0 Å². The number of carboxylic acid groups (broad SMARTS) is 1. The van der Waals surface area contributed by atoms with Gasteiger partial charge in [-0.25, -0.2) is 0 Å². The molecule has 0 amide bonds. The number of rotatable bonds is 3. The van der Waals surface area contributed by atoms with Crippen molar-refractivity contribution in [3.63, 3.8) is 0 Å². The molecule has 80 valence electrons. The van der Waals surface area contributed by atoms with Crippen molar-refractivity contribution in [2.75, 3.05) is 0 Å². The van der Waals surface area contributed by atoms with Gasteiger partial charge in [0.2, 0.25) is 0 Å². The van der Waals surface area contributed by atoms with E-state index in [0.717, 1.165) is 11.8 Å². The molecule has 0 saturated heterocycles. The van der Waals surface area contributed by atoms with Gasteiger partial charge in [-0.3, -0.25) is 4.79 Å². The molecule has 2 bridgehead atoms. The third kappa shape index (κ3) is 1.92. The van der Waals surface area contributed by atoms with Crippen molar-refractivity contribution >= 4 is 5.97 Å². The van der Waals surface area contributed by atoms with Crippen LogP contribution in [0.3, 0.4) is 0 Å². The minimum absolute atomic E-state index is 0.591. The maximum absolute atomic E-state index is 10.7. The first kappa shape index (κ1) is 9.97. The molecule has 0 aromatic carbocycles. The first-order valence-electron chi connectivity index (χ1n) is 5.65. The van der Waals surface area contributed by atoms with Gasteiger partial charge in [0.1, 0.15) is 6.04 Å². The lowest BCUT2D eigenvalue weighted by Crippen LogP contribution is -2.38. The number of hydrogen-bond donors (Lipinski definition) is 2. The van der Waals surface area contributed by atoms with Crippen LogP contribution in [0, 0.1) is 17.8 Å². The van der Waals surface area contributed by atoms with Crippen LogP contribution in [-0.4, -0.2) is 17.1 Å². The highest BCUT2D eigenvalue weighted by Crippen LogP contribution is 2.46. The van der Waals surface area contributed by atoms with Gasteiger partial charge in [0.25, 0.3) is 0 Å². The number of fused-ring (bicyclic) bond motifs is 3. The predicted octanol–water partition coefficient (Wildman–Crippen LogP) is 1.61. The van der Waals surface area contributed by atoms with Gasteiger partial charge in [-0.15, -0.1) is 0 Å². The molecule has 0 spiro atoms. The zero-order valence-electron chi connectivity index (χ0n) is 8.48. The molecule has 3 N–H and O–H groups in total. The van der Waals surface area contributed by atoms with Crippen molar-refractivity contribution in [3.05, 3.63) is 0 Å². The number of aliphatic carboxylic acids is 1. The summed E-state index contributed by atoms with van der Waals surface area (Å²) in [5, 5.41) is 8.76. The van der Waals surface area contributed by atoms with Crippen LogP contribution < -0.4 is 5.73 Å². The Kier molecular flexibility index (Phi) is 2.77. The Hall–Kier alpha value is -0.570. The molecule has 3 fully saturated rings. The highest BCUT2D eigenvalue weighted by molar-refractivity contribution is 5.73. The molecular weight excluding hydrogens is 178 g/mol. The Morgan fingerprint density at radius 1 is 1.36 bits per heavy atom. The van der Waals surface area contributed by atoms with Crippen molar-refractivity contribution in [1.82, 2.24) is 0 Å². The quantitative estimate of drug-likeness (QED) is 0.722. The normalized spacial score (nSPS) is 38.2. The fourth-order valence-corrected chi connectivity index (χ4v) is 3.23. The van der Waals surface area contributed by atoms with Crippen LogP contribution in [0.1, 0.15) is 38.5 Å². The summed E-state index contributed by atoms with van der Waals surface area (Å²) in [5.41, 5.74) is 5.58. The first-order valence-corrected chi connectivity index (χ1v) is 5.65. The third-order valence-corrected chi connectivity index (χ3v) is 4.07. The average molecular weight is 197 g/mol. The standard InChI is InChI=1S/C11H19NO2/c12-10(11(13)14)6-9-5-7-1-3-8(9)4-2-7/h7-10H,1-6,12H2,(H,13,14). The van der Waals surface area contributed by atoms with Gasteiger partial charge < -0.3 is 10.8 Å². The van der Waals surface area contributed by atoms with Gasteiger partial charge >= 0.3 is 5.97 Å². The highest BCUT2D eigenvalue weighted by Gasteiger charge is 2.36. The number of carbonyl (C=O) groups is 1. The van der Waals surface area contributed by atoms with Gasteiger partial charge in [-0.05, 0) is 43.4 Å². The van der Waals surface area contributed by atoms with Crippen molar-refractivity contribution in [2.24, 2.45) is 23.5 Å². The summed E-state index contributed by atoms with van der Waals surface area (Å²) >= 11 is 0. The molecule has 3 nitrogen and oxygen atoms in total. The fourth-order valence-electron chi connectivity index (χ4n) is 3.23. The largest absolute Gasteiger partial charge is 0.480 e. The van der Waals surface area contributed by atoms with Crippen molar-refractivity contribution in [2.45, 2.75) is 44.6 Å². The number of hydrogen-bond acceptors (Lipinski definition) is 2. The topological polar surface area (TPSA) is 63.3 Å². The Morgan fingerprint density at radius 2 is 2.00 bits per heavy atom. The number of carboxylic acids is 1. The molecule has 3 aliphatic carbocycles. The zero-order valence-corrected chi connectivity index (χ0v) is 8.48. The summed E-state index contributed by atoms with van der Waals surface area (Å²) in [6, 6.07) is -0.639. The van der Waals surface area contributed by atoms with Gasteiger partial charge in [-0.1, -0.05) is 12.8 Å². The molecule has 2 atom stereocenters. The van der Waals surface area contributed by atoms with Crippen LogP contribution in [0.25, 0.3) is 0 Å². The second-order valence-electron chi connectivity index (χ2n) is 4.96. The molecule has 0 heterocycles. The van der Waals surface area contributed by atoms with E-state index in [9.17, 15) is 4.79 Å². The maximum atomic E-state index is 10.7. The van der Waals surface area contributed by atoms with Gasteiger partial charge in [0.15, 0.2) is 0 Å². The predicted molar refractivity (Wildman–Crippen MR) is 53.8 cm³/mol. The lowest BCUT2D eigenvalue weighted by molar-refractivity contribution is -0.139. The van der Waals surface area contributed by atoms with E-state index in [4.69, 9.17) is 10.8 Å². The Bertz CT molecular complexity index is 221. The smallest absolute Gasteiger partial charge is 0.320 e. The van der Waals surface area contributed by atoms with E-state index in [0.29, 0.717) is 12.3 Å². The molecule has 0 aliphatic heterocycles. The third-order valence-electron chi connectivity index (χ3n) is 4.07. The molecule has 3 heteroatoms. The lowest BCUT2D eigenvalue weighted by atomic mass is 9.63. The molecule has 14 heavy (non-hydrogen) atoms. The first-order chi connectivity index (χ1) is 6.66. The molecule has 3 saturated carbocycles. The minimum atomic E-state index is -0.841. The van der Waals surface area contributed by atoms with Crippen molar-refractivity contribution in [1.29, 1.82) is 0 Å². The Morgan fingerprint density at radius 3 is 2.43 bits per heavy atom. The molecule has 3 aliphatic rings. The van der Waals surface area contributed by atoms with Gasteiger partial charge in [0, 0.05) is 0 Å². The Balaban J connectivity index is 1.89. The van der Waals surface area contributed by atoms with Crippen molar-refractivity contribution < 1.29 is 9.90 Å². The fraction of sp³-hybridized carbons (Fsp3) is 0.909. The van der Waals surface area contributed by atoms with Crippen LogP contribution in [0.5, 0.6) is 0 Å². The second kappa shape index (κ2) is 3.89. The molecule has 2 unspecified atom stereocenters. The van der Waals surface area contributed by atoms with Crippen LogP contribution in [0.15, 0.2) is 0 Å². The average Bonchev–Trinajstić information content (AvgIpc) is 2.19. The number of nitrogens with two attached hydrogens (primary N) is 1. The highest BCUT2D eigenvalue weighted by atomic mass is 16.4.